The first-order valence-corrected chi connectivity index (χ1v) is 14.6. The van der Waals surface area contributed by atoms with E-state index in [1.54, 1.807) is 23.6 Å². The van der Waals surface area contributed by atoms with E-state index in [4.69, 9.17) is 4.74 Å². The van der Waals surface area contributed by atoms with Crippen molar-refractivity contribution in [1.29, 1.82) is 0 Å². The molecule has 1 atom stereocenters. The highest BCUT2D eigenvalue weighted by Gasteiger charge is 2.33. The lowest BCUT2D eigenvalue weighted by molar-refractivity contribution is -0.136. The summed E-state index contributed by atoms with van der Waals surface area (Å²) < 4.78 is 22.8. The van der Waals surface area contributed by atoms with Gasteiger partial charge in [-0.25, -0.2) is 14.2 Å². The molecular weight excluding hydrogens is 549 g/mol. The number of rotatable bonds is 6. The second-order valence-electron chi connectivity index (χ2n) is 10.8. The van der Waals surface area contributed by atoms with Gasteiger partial charge in [-0.15, -0.1) is 0 Å². The fourth-order valence-electron chi connectivity index (χ4n) is 5.52. The molecule has 5 aromatic rings. The summed E-state index contributed by atoms with van der Waals surface area (Å²) in [6.45, 7) is 6.59. The molecule has 8 heteroatoms. The summed E-state index contributed by atoms with van der Waals surface area (Å²) in [5.74, 6) is -0.428. The number of ether oxygens (including phenoxy) is 1. The zero-order chi connectivity index (χ0) is 29.5. The van der Waals surface area contributed by atoms with Crippen LogP contribution in [0.3, 0.4) is 0 Å². The number of methoxy groups -OCH3 is 1. The Morgan fingerprint density at radius 2 is 1.79 bits per heavy atom. The Hall–Kier alpha value is -4.56. The van der Waals surface area contributed by atoms with E-state index in [0.717, 1.165) is 27.6 Å². The maximum absolute atomic E-state index is 14.1. The minimum atomic E-state index is -0.656. The number of benzene rings is 3. The third kappa shape index (κ3) is 4.92. The standard InChI is InChI=1S/C34H30FN3O3S/c1-20(2)23-11-13-24(14-12-23)31-30(33(40)41-4)21(3)36-34-38(31)32(39)29(42-34)17-25-19-37(28-8-6-5-7-27(25)28)18-22-9-15-26(35)16-10-22/h5-17,19-20,31H,18H2,1-4H3/b29-17+. The van der Waals surface area contributed by atoms with E-state index in [2.05, 4.69) is 23.4 Å². The fourth-order valence-corrected chi connectivity index (χ4v) is 6.56. The van der Waals surface area contributed by atoms with E-state index in [-0.39, 0.29) is 11.4 Å². The zero-order valence-electron chi connectivity index (χ0n) is 23.8. The van der Waals surface area contributed by atoms with Gasteiger partial charge in [0.05, 0.1) is 29.0 Å². The molecule has 0 saturated heterocycles. The lowest BCUT2D eigenvalue weighted by Crippen LogP contribution is -2.39. The van der Waals surface area contributed by atoms with Gasteiger partial charge in [0.25, 0.3) is 5.56 Å². The minimum absolute atomic E-state index is 0.221. The second kappa shape index (κ2) is 11.0. The van der Waals surface area contributed by atoms with Crippen LogP contribution in [0.4, 0.5) is 4.39 Å². The van der Waals surface area contributed by atoms with Crippen LogP contribution in [0.2, 0.25) is 0 Å². The van der Waals surface area contributed by atoms with Gasteiger partial charge in [0.1, 0.15) is 5.82 Å². The zero-order valence-corrected chi connectivity index (χ0v) is 24.6. The average Bonchev–Trinajstić information content (AvgIpc) is 3.49. The summed E-state index contributed by atoms with van der Waals surface area (Å²) in [6.07, 6.45) is 3.91. The normalized spacial score (nSPS) is 15.3. The number of thiazole rings is 1. The average molecular weight is 580 g/mol. The molecule has 6 rings (SSSR count). The summed E-state index contributed by atoms with van der Waals surface area (Å²) in [6, 6.07) is 21.8. The minimum Gasteiger partial charge on any atom is -0.466 e. The molecule has 0 N–H and O–H groups in total. The summed E-state index contributed by atoms with van der Waals surface area (Å²) in [5.41, 5.74) is 5.51. The number of fused-ring (bicyclic) bond motifs is 2. The van der Waals surface area contributed by atoms with Gasteiger partial charge in [0, 0.05) is 29.2 Å². The van der Waals surface area contributed by atoms with E-state index in [0.29, 0.717) is 33.1 Å². The van der Waals surface area contributed by atoms with E-state index < -0.39 is 12.0 Å². The van der Waals surface area contributed by atoms with Crippen molar-refractivity contribution in [1.82, 2.24) is 9.13 Å². The SMILES string of the molecule is COC(=O)C1=C(C)N=c2s/c(=C/c3cn(Cc4ccc(F)cc4)c4ccccc34)c(=O)n2C1c1ccc(C(C)C)cc1. The van der Waals surface area contributed by atoms with E-state index in [1.807, 2.05) is 60.8 Å². The molecule has 1 aliphatic heterocycles. The van der Waals surface area contributed by atoms with Crippen LogP contribution in [-0.4, -0.2) is 22.2 Å². The summed E-state index contributed by atoms with van der Waals surface area (Å²) in [5, 5.41) is 0.998. The molecule has 42 heavy (non-hydrogen) atoms. The van der Waals surface area contributed by atoms with E-state index >= 15 is 0 Å². The first kappa shape index (κ1) is 27.6. The number of hydrogen-bond acceptors (Lipinski definition) is 5. The Labute approximate surface area is 246 Å². The Kier molecular flexibility index (Phi) is 7.24. The van der Waals surface area contributed by atoms with Crippen molar-refractivity contribution in [2.45, 2.75) is 39.3 Å². The predicted octanol–water partition coefficient (Wildman–Crippen LogP) is 5.67. The lowest BCUT2D eigenvalue weighted by Gasteiger charge is -2.24. The van der Waals surface area contributed by atoms with Gasteiger partial charge >= 0.3 is 5.97 Å². The quantitative estimate of drug-likeness (QED) is 0.244. The number of para-hydroxylation sites is 1. The summed E-state index contributed by atoms with van der Waals surface area (Å²) >= 11 is 1.30. The molecule has 1 aliphatic rings. The highest BCUT2D eigenvalue weighted by atomic mass is 32.1. The number of esters is 1. The van der Waals surface area contributed by atoms with Crippen LogP contribution in [0.5, 0.6) is 0 Å². The Balaban J connectivity index is 1.50. The van der Waals surface area contributed by atoms with Gasteiger partial charge in [0.2, 0.25) is 0 Å². The number of halogens is 1. The van der Waals surface area contributed by atoms with Gasteiger partial charge in [-0.05, 0) is 53.8 Å². The summed E-state index contributed by atoms with van der Waals surface area (Å²) in [4.78, 5) is 32.3. The van der Waals surface area contributed by atoms with Gasteiger partial charge in [0.15, 0.2) is 4.80 Å². The monoisotopic (exact) mass is 579 g/mol. The smallest absolute Gasteiger partial charge is 0.338 e. The van der Waals surface area contributed by atoms with Crippen LogP contribution >= 0.6 is 11.3 Å². The number of aromatic nitrogens is 2. The lowest BCUT2D eigenvalue weighted by atomic mass is 9.93. The highest BCUT2D eigenvalue weighted by molar-refractivity contribution is 7.07. The molecular formula is C34H30FN3O3S. The van der Waals surface area contributed by atoms with Crippen molar-refractivity contribution in [2.75, 3.05) is 7.11 Å². The van der Waals surface area contributed by atoms with Crippen LogP contribution in [0.1, 0.15) is 55.0 Å². The van der Waals surface area contributed by atoms with Gasteiger partial charge < -0.3 is 9.30 Å². The number of carbonyl (C=O) groups is 1. The molecule has 3 aromatic carbocycles. The Morgan fingerprint density at radius 1 is 1.07 bits per heavy atom. The van der Waals surface area contributed by atoms with Crippen LogP contribution in [0.25, 0.3) is 17.0 Å². The van der Waals surface area contributed by atoms with Crippen LogP contribution in [-0.2, 0) is 16.1 Å². The number of nitrogens with zero attached hydrogens (tertiary/aromatic N) is 3. The topological polar surface area (TPSA) is 65.6 Å². The molecule has 2 aromatic heterocycles. The largest absolute Gasteiger partial charge is 0.466 e. The molecule has 0 amide bonds. The van der Waals surface area contributed by atoms with Crippen molar-refractivity contribution in [3.8, 4) is 0 Å². The van der Waals surface area contributed by atoms with Crippen molar-refractivity contribution in [3.63, 3.8) is 0 Å². The summed E-state index contributed by atoms with van der Waals surface area (Å²) in [7, 11) is 1.34. The number of carbonyl (C=O) groups excluding carboxylic acids is 1. The number of hydrogen-bond donors (Lipinski definition) is 0. The first-order chi connectivity index (χ1) is 20.2. The predicted molar refractivity (Wildman–Crippen MR) is 164 cm³/mol. The molecule has 212 valence electrons. The Bertz CT molecular complexity index is 2030. The molecule has 0 spiro atoms. The van der Waals surface area contributed by atoms with Crippen LogP contribution in [0.15, 0.2) is 100 Å². The molecule has 0 aliphatic carbocycles. The maximum Gasteiger partial charge on any atom is 0.338 e. The third-order valence-corrected chi connectivity index (χ3v) is 8.70. The van der Waals surface area contributed by atoms with Crippen molar-refractivity contribution >= 4 is 34.3 Å². The van der Waals surface area contributed by atoms with Crippen molar-refractivity contribution in [2.24, 2.45) is 4.99 Å². The molecule has 1 unspecified atom stereocenters. The van der Waals surface area contributed by atoms with Crippen molar-refractivity contribution < 1.29 is 13.9 Å². The van der Waals surface area contributed by atoms with Gasteiger partial charge in [-0.1, -0.05) is 79.8 Å². The molecule has 0 saturated carbocycles. The van der Waals surface area contributed by atoms with Crippen LogP contribution < -0.4 is 14.9 Å². The van der Waals surface area contributed by atoms with E-state index in [1.165, 1.54) is 36.1 Å². The fraction of sp³-hybridized carbons (Fsp3) is 0.206. The number of allylic oxidation sites excluding steroid dienone is 1. The van der Waals surface area contributed by atoms with Crippen LogP contribution in [0, 0.1) is 5.82 Å². The molecule has 0 bridgehead atoms. The van der Waals surface area contributed by atoms with Crippen molar-refractivity contribution in [3.05, 3.63) is 138 Å². The molecule has 3 heterocycles. The first-order valence-electron chi connectivity index (χ1n) is 13.8. The van der Waals surface area contributed by atoms with Gasteiger partial charge in [-0.2, -0.15) is 0 Å². The highest BCUT2D eigenvalue weighted by Crippen LogP contribution is 2.31. The third-order valence-electron chi connectivity index (χ3n) is 7.72. The molecule has 6 nitrogen and oxygen atoms in total. The van der Waals surface area contributed by atoms with E-state index in [9.17, 15) is 14.0 Å². The molecule has 0 fully saturated rings. The second-order valence-corrected chi connectivity index (χ2v) is 11.8. The maximum atomic E-state index is 14.1. The molecule has 0 radical (unpaired) electrons. The Morgan fingerprint density at radius 3 is 2.48 bits per heavy atom. The van der Waals surface area contributed by atoms with Gasteiger partial charge in [-0.3, -0.25) is 9.36 Å².